The van der Waals surface area contributed by atoms with Crippen LogP contribution < -0.4 is 4.87 Å². The highest BCUT2D eigenvalue weighted by Gasteiger charge is 2.69. The van der Waals surface area contributed by atoms with Crippen molar-refractivity contribution in [3.63, 3.8) is 0 Å². The minimum Gasteiger partial charge on any atom is -0.341 e. The van der Waals surface area contributed by atoms with Crippen LogP contribution in [-0.2, 0) is 14.4 Å². The van der Waals surface area contributed by atoms with E-state index in [9.17, 15) is 19.2 Å². The molecule has 7 atom stereocenters. The predicted molar refractivity (Wildman–Crippen MR) is 132 cm³/mol. The first-order chi connectivity index (χ1) is 17.0. The average Bonchev–Trinajstić information content (AvgIpc) is 3.61. The molecule has 35 heavy (non-hydrogen) atoms. The Morgan fingerprint density at radius 3 is 2.43 bits per heavy atom. The maximum Gasteiger partial charge on any atom is 0.305 e. The van der Waals surface area contributed by atoms with Crippen molar-refractivity contribution in [1.29, 1.82) is 0 Å². The van der Waals surface area contributed by atoms with Crippen LogP contribution in [0.4, 0.5) is 0 Å². The summed E-state index contributed by atoms with van der Waals surface area (Å²) in [6.07, 6.45) is 3.96. The summed E-state index contributed by atoms with van der Waals surface area (Å²) in [6.45, 7) is 1.32. The molecule has 0 spiro atoms. The zero-order valence-electron chi connectivity index (χ0n) is 19.2. The number of H-pyrrole nitrogens is 1. The fourth-order valence-corrected chi connectivity index (χ4v) is 10.5. The number of carbonyl (C=O) groups is 3. The van der Waals surface area contributed by atoms with Crippen LogP contribution in [-0.4, -0.2) is 57.4 Å². The monoisotopic (exact) mass is 509 g/mol. The second-order valence-corrected chi connectivity index (χ2v) is 12.8. The number of nitrogens with one attached hydrogen (secondary N) is 1. The first kappa shape index (κ1) is 21.9. The highest BCUT2D eigenvalue weighted by molar-refractivity contribution is 8.00. The molecule has 182 valence electrons. The number of nitrogens with zero attached hydrogens (tertiary/aromatic N) is 2. The van der Waals surface area contributed by atoms with Crippen molar-refractivity contribution in [2.45, 2.75) is 41.9 Å². The Bertz CT molecular complexity index is 1270. The number of benzene rings is 1. The Morgan fingerprint density at radius 1 is 0.971 bits per heavy atom. The maximum atomic E-state index is 13.6. The number of thiazole rings is 1. The van der Waals surface area contributed by atoms with Gasteiger partial charge in [-0.25, -0.2) is 0 Å². The van der Waals surface area contributed by atoms with Gasteiger partial charge >= 0.3 is 4.87 Å². The quantitative estimate of drug-likeness (QED) is 0.643. The molecule has 2 aromatic rings. The molecule has 9 heteroatoms. The zero-order valence-corrected chi connectivity index (χ0v) is 20.9. The van der Waals surface area contributed by atoms with Gasteiger partial charge in [-0.15, -0.1) is 11.8 Å². The highest BCUT2D eigenvalue weighted by Crippen LogP contribution is 2.68. The standard InChI is InChI=1S/C26H27N3O4S2/c30-16(28-9-5-2-6-10-28)12-29-24(31)19-14-11-15(20(19)25(29)32)21-18(14)17(13-7-3-1-4-8-13)22-23(34-21)27-26(33)35-22/h1,3-4,7-8,14-15,17-21H,2,5-6,9-12H2,(H,27,33)/t14?,15?,17-,18?,19?,20?,21?/m1/s1. The van der Waals surface area contributed by atoms with Crippen LogP contribution >= 0.6 is 23.1 Å². The van der Waals surface area contributed by atoms with Gasteiger partial charge in [-0.1, -0.05) is 41.7 Å². The van der Waals surface area contributed by atoms with Crippen molar-refractivity contribution in [1.82, 2.24) is 14.8 Å². The molecule has 2 bridgehead atoms. The Hall–Kier alpha value is -2.39. The van der Waals surface area contributed by atoms with E-state index in [1.807, 2.05) is 23.1 Å². The summed E-state index contributed by atoms with van der Waals surface area (Å²) in [4.78, 5) is 59.6. The highest BCUT2D eigenvalue weighted by atomic mass is 32.2. The number of piperidine rings is 1. The Morgan fingerprint density at radius 2 is 1.69 bits per heavy atom. The third-order valence-electron chi connectivity index (χ3n) is 8.98. The van der Waals surface area contributed by atoms with Crippen molar-refractivity contribution >= 4 is 40.8 Å². The number of amides is 3. The number of carbonyl (C=O) groups excluding carboxylic acids is 3. The second kappa shape index (κ2) is 8.06. The largest absolute Gasteiger partial charge is 0.341 e. The third-order valence-corrected chi connectivity index (χ3v) is 11.6. The predicted octanol–water partition coefficient (Wildman–Crippen LogP) is 2.92. The molecule has 2 aliphatic carbocycles. The first-order valence-corrected chi connectivity index (χ1v) is 14.3. The molecule has 5 aliphatic rings. The fourth-order valence-electron chi connectivity index (χ4n) is 7.65. The van der Waals surface area contributed by atoms with E-state index in [4.69, 9.17) is 0 Å². The van der Waals surface area contributed by atoms with Gasteiger partial charge in [0.15, 0.2) is 0 Å². The molecule has 4 fully saturated rings. The van der Waals surface area contributed by atoms with Gasteiger partial charge in [-0.3, -0.25) is 24.1 Å². The minimum atomic E-state index is -0.341. The summed E-state index contributed by atoms with van der Waals surface area (Å²) < 4.78 is 0. The lowest BCUT2D eigenvalue weighted by atomic mass is 9.68. The van der Waals surface area contributed by atoms with E-state index in [-0.39, 0.29) is 69.9 Å². The van der Waals surface area contributed by atoms with Crippen molar-refractivity contribution in [3.05, 3.63) is 50.4 Å². The lowest BCUT2D eigenvalue weighted by Gasteiger charge is -2.43. The second-order valence-electron chi connectivity index (χ2n) is 10.6. The molecular formula is C26H27N3O4S2. The molecule has 4 heterocycles. The van der Waals surface area contributed by atoms with E-state index in [1.54, 1.807) is 11.8 Å². The van der Waals surface area contributed by atoms with Crippen molar-refractivity contribution in [2.75, 3.05) is 19.6 Å². The fraction of sp³-hybridized carbons (Fsp3) is 0.538. The summed E-state index contributed by atoms with van der Waals surface area (Å²) in [5.74, 6) is -0.665. The summed E-state index contributed by atoms with van der Waals surface area (Å²) in [5, 5.41) is 1.10. The first-order valence-electron chi connectivity index (χ1n) is 12.6. The molecule has 1 aromatic carbocycles. The molecule has 6 unspecified atom stereocenters. The third kappa shape index (κ3) is 3.16. The molecule has 1 aromatic heterocycles. The lowest BCUT2D eigenvalue weighted by molar-refractivity contribution is -0.147. The van der Waals surface area contributed by atoms with E-state index in [2.05, 4.69) is 17.1 Å². The Labute approximate surface area is 211 Å². The van der Waals surface area contributed by atoms with Gasteiger partial charge < -0.3 is 9.88 Å². The van der Waals surface area contributed by atoms with Crippen LogP contribution in [0.5, 0.6) is 0 Å². The van der Waals surface area contributed by atoms with Gasteiger partial charge in [0, 0.05) is 29.1 Å². The molecule has 2 saturated carbocycles. The minimum absolute atomic E-state index is 0.0456. The topological polar surface area (TPSA) is 90.5 Å². The van der Waals surface area contributed by atoms with Crippen LogP contribution in [0.3, 0.4) is 0 Å². The normalized spacial score (nSPS) is 35.3. The van der Waals surface area contributed by atoms with Gasteiger partial charge in [0.25, 0.3) is 0 Å². The van der Waals surface area contributed by atoms with Gasteiger partial charge in [-0.2, -0.15) is 0 Å². The zero-order chi connectivity index (χ0) is 23.8. The van der Waals surface area contributed by atoms with Crippen LogP contribution in [0.15, 0.2) is 40.2 Å². The summed E-state index contributed by atoms with van der Waals surface area (Å²) in [6, 6.07) is 10.3. The van der Waals surface area contributed by atoms with Crippen molar-refractivity contribution < 1.29 is 14.4 Å². The Balaban J connectivity index is 1.22. The number of fused-ring (bicyclic) bond motifs is 9. The van der Waals surface area contributed by atoms with E-state index < -0.39 is 0 Å². The number of aromatic nitrogens is 1. The average molecular weight is 510 g/mol. The van der Waals surface area contributed by atoms with E-state index in [0.717, 1.165) is 41.1 Å². The summed E-state index contributed by atoms with van der Waals surface area (Å²) >= 11 is 2.97. The van der Waals surface area contributed by atoms with Crippen LogP contribution in [0, 0.1) is 29.6 Å². The number of hydrogen-bond donors (Lipinski definition) is 1. The van der Waals surface area contributed by atoms with Gasteiger partial charge in [-0.05, 0) is 49.0 Å². The van der Waals surface area contributed by atoms with E-state index in [1.165, 1.54) is 16.2 Å². The van der Waals surface area contributed by atoms with Gasteiger partial charge in [0.1, 0.15) is 6.54 Å². The summed E-state index contributed by atoms with van der Waals surface area (Å²) in [5.41, 5.74) is 1.16. The van der Waals surface area contributed by atoms with Crippen LogP contribution in [0.2, 0.25) is 0 Å². The SMILES string of the molecule is O=C(CN1C(=O)C2C3CC(C2C1=O)C1C3Sc2[nH]c(=O)sc2[C@@H]1c1ccccc1)N1CCCCC1. The number of rotatable bonds is 3. The number of likely N-dealkylation sites (tertiary alicyclic amines) is 2. The van der Waals surface area contributed by atoms with Crippen LogP contribution in [0.1, 0.15) is 42.0 Å². The lowest BCUT2D eigenvalue weighted by Crippen LogP contribution is -2.45. The number of thioether (sulfide) groups is 1. The number of aromatic amines is 1. The maximum absolute atomic E-state index is 13.6. The van der Waals surface area contributed by atoms with Crippen molar-refractivity contribution in [2.24, 2.45) is 29.6 Å². The van der Waals surface area contributed by atoms with Gasteiger partial charge in [0.05, 0.1) is 16.9 Å². The molecule has 3 amide bonds. The number of hydrogen-bond acceptors (Lipinski definition) is 6. The van der Waals surface area contributed by atoms with Crippen molar-refractivity contribution in [3.8, 4) is 0 Å². The Kier molecular flexibility index (Phi) is 5.03. The molecule has 1 N–H and O–H groups in total. The molecule has 0 radical (unpaired) electrons. The summed E-state index contributed by atoms with van der Waals surface area (Å²) in [7, 11) is 0. The van der Waals surface area contributed by atoms with E-state index >= 15 is 0 Å². The van der Waals surface area contributed by atoms with Gasteiger partial charge in [0.2, 0.25) is 17.7 Å². The smallest absolute Gasteiger partial charge is 0.305 e. The molecule has 3 aliphatic heterocycles. The molecule has 7 rings (SSSR count). The van der Waals surface area contributed by atoms with E-state index in [0.29, 0.717) is 13.1 Å². The number of imide groups is 1. The van der Waals surface area contributed by atoms with Crippen LogP contribution in [0.25, 0.3) is 0 Å². The molecule has 2 saturated heterocycles. The molecular weight excluding hydrogens is 482 g/mol. The molecule has 7 nitrogen and oxygen atoms in total.